The number of pyridine rings is 2. The van der Waals surface area contributed by atoms with Crippen LogP contribution < -0.4 is 19.8 Å². The predicted molar refractivity (Wildman–Crippen MR) is 151 cm³/mol. The molecule has 5 rings (SSSR count). The Bertz CT molecular complexity index is 1780. The van der Waals surface area contributed by atoms with Crippen molar-refractivity contribution < 1.29 is 23.1 Å². The number of ether oxygens (including phenoxy) is 1. The van der Waals surface area contributed by atoms with Crippen molar-refractivity contribution in [2.75, 3.05) is 29.0 Å². The molecule has 15 heteroatoms. The number of halogens is 2. The lowest BCUT2D eigenvalue weighted by Gasteiger charge is -2.28. The number of aromatic nitrogens is 4. The molecule has 1 aromatic carbocycles. The van der Waals surface area contributed by atoms with Crippen LogP contribution in [-0.2, 0) is 10.0 Å². The van der Waals surface area contributed by atoms with Gasteiger partial charge in [0, 0.05) is 24.3 Å². The monoisotopic (exact) mass is 604 g/mol. The van der Waals surface area contributed by atoms with Gasteiger partial charge in [0.1, 0.15) is 17.2 Å². The van der Waals surface area contributed by atoms with Crippen LogP contribution >= 0.6 is 23.2 Å². The van der Waals surface area contributed by atoms with Crippen LogP contribution in [-0.4, -0.2) is 64.5 Å². The van der Waals surface area contributed by atoms with Crippen molar-refractivity contribution >= 4 is 61.6 Å². The summed E-state index contributed by atoms with van der Waals surface area (Å²) in [6.45, 7) is 0.953. The normalized spacial score (nSPS) is 15.4. The molecule has 1 saturated heterocycles. The van der Waals surface area contributed by atoms with Gasteiger partial charge in [0.15, 0.2) is 11.6 Å². The summed E-state index contributed by atoms with van der Waals surface area (Å²) >= 11 is 12.9. The summed E-state index contributed by atoms with van der Waals surface area (Å²) < 4.78 is 32.6. The van der Waals surface area contributed by atoms with E-state index < -0.39 is 27.0 Å². The van der Waals surface area contributed by atoms with Crippen LogP contribution in [0.2, 0.25) is 10.0 Å². The highest BCUT2D eigenvalue weighted by Gasteiger charge is 2.29. The molecule has 0 radical (unpaired) electrons. The molecular weight excluding hydrogens is 583 g/mol. The molecule has 12 nitrogen and oxygen atoms in total. The number of sulfonamides is 1. The van der Waals surface area contributed by atoms with Gasteiger partial charge in [0.05, 0.1) is 40.9 Å². The second kappa shape index (κ2) is 10.9. The van der Waals surface area contributed by atoms with Gasteiger partial charge in [-0.15, -0.1) is 0 Å². The Morgan fingerprint density at radius 1 is 1.20 bits per heavy atom. The van der Waals surface area contributed by atoms with Crippen molar-refractivity contribution in [3.8, 4) is 11.7 Å². The number of rotatable bonds is 8. The minimum absolute atomic E-state index is 0.0216. The highest BCUT2D eigenvalue weighted by molar-refractivity contribution is 7.92. The lowest BCUT2D eigenvalue weighted by Crippen LogP contribution is -2.34. The third-order valence-corrected chi connectivity index (χ3v) is 7.47. The minimum atomic E-state index is -3.58. The Morgan fingerprint density at radius 3 is 2.67 bits per heavy atom. The first-order valence-electron chi connectivity index (χ1n) is 11.9. The number of carboxylic acid groups (broad SMARTS) is 1. The van der Waals surface area contributed by atoms with Gasteiger partial charge in [-0.2, -0.15) is 0 Å². The maximum Gasteiger partial charge on any atom is 0.341 e. The summed E-state index contributed by atoms with van der Waals surface area (Å²) in [7, 11) is -3.58. The molecule has 0 spiro atoms. The van der Waals surface area contributed by atoms with Crippen molar-refractivity contribution in [2.24, 2.45) is 0 Å². The molecule has 4 aromatic rings. The number of carbonyl (C=O) groups is 1. The molecule has 1 fully saturated rings. The lowest BCUT2D eigenvalue weighted by atomic mass is 10.1. The van der Waals surface area contributed by atoms with Crippen molar-refractivity contribution in [1.82, 2.24) is 19.5 Å². The van der Waals surface area contributed by atoms with Gasteiger partial charge < -0.3 is 14.7 Å². The lowest BCUT2D eigenvalue weighted by molar-refractivity contribution is 0.0695. The molecule has 2 N–H and O–H groups in total. The maximum absolute atomic E-state index is 13.1. The smallest absolute Gasteiger partial charge is 0.341 e. The number of carboxylic acids is 1. The summed E-state index contributed by atoms with van der Waals surface area (Å²) in [5.41, 5.74) is -0.239. The third-order valence-electron chi connectivity index (χ3n) is 6.30. The zero-order valence-corrected chi connectivity index (χ0v) is 23.2. The van der Waals surface area contributed by atoms with Crippen LogP contribution in [0.4, 0.5) is 11.5 Å². The Labute approximate surface area is 238 Å². The second-order valence-electron chi connectivity index (χ2n) is 9.09. The number of benzene rings is 1. The van der Waals surface area contributed by atoms with E-state index in [1.54, 1.807) is 24.4 Å². The molecular formula is C25H22Cl2N6O6S. The molecule has 1 atom stereocenters. The zero-order valence-electron chi connectivity index (χ0n) is 20.9. The van der Waals surface area contributed by atoms with Gasteiger partial charge in [-0.3, -0.25) is 14.1 Å². The first-order valence-corrected chi connectivity index (χ1v) is 14.6. The SMILES string of the molecule is CS(=O)(=O)Nc1cnc(-n2cc(C(=O)O)c(=O)c3cc(Cl)c(N4CCC[C@@H]4COc4ncccc4Cl)cc32)cn1. The van der Waals surface area contributed by atoms with Gasteiger partial charge in [-0.25, -0.2) is 28.2 Å². The van der Waals surface area contributed by atoms with Crippen LogP contribution in [0.3, 0.4) is 0 Å². The van der Waals surface area contributed by atoms with E-state index in [1.807, 2.05) is 0 Å². The van der Waals surface area contributed by atoms with E-state index in [4.69, 9.17) is 27.9 Å². The van der Waals surface area contributed by atoms with Crippen molar-refractivity contribution in [3.05, 3.63) is 74.9 Å². The summed E-state index contributed by atoms with van der Waals surface area (Å²) in [4.78, 5) is 39.5. The quantitative estimate of drug-likeness (QED) is 0.304. The van der Waals surface area contributed by atoms with E-state index in [2.05, 4.69) is 24.6 Å². The van der Waals surface area contributed by atoms with Crippen LogP contribution in [0.15, 0.2) is 53.8 Å². The van der Waals surface area contributed by atoms with Gasteiger partial charge >= 0.3 is 5.97 Å². The highest BCUT2D eigenvalue weighted by atomic mass is 35.5. The van der Waals surface area contributed by atoms with Crippen LogP contribution in [0.25, 0.3) is 16.7 Å². The van der Waals surface area contributed by atoms with Crippen molar-refractivity contribution in [2.45, 2.75) is 18.9 Å². The second-order valence-corrected chi connectivity index (χ2v) is 11.7. The molecule has 0 bridgehead atoms. The Morgan fingerprint density at radius 2 is 2.00 bits per heavy atom. The van der Waals surface area contributed by atoms with Gasteiger partial charge in [0.25, 0.3) is 0 Å². The molecule has 208 valence electrons. The fraction of sp³-hybridized carbons (Fsp3) is 0.240. The maximum atomic E-state index is 13.1. The summed E-state index contributed by atoms with van der Waals surface area (Å²) in [5.74, 6) is -0.963. The van der Waals surface area contributed by atoms with E-state index in [0.717, 1.165) is 25.3 Å². The number of hydrogen-bond acceptors (Lipinski definition) is 9. The van der Waals surface area contributed by atoms with E-state index in [9.17, 15) is 23.1 Å². The Hall–Kier alpha value is -3.94. The van der Waals surface area contributed by atoms with Crippen LogP contribution in [0.1, 0.15) is 23.2 Å². The summed E-state index contributed by atoms with van der Waals surface area (Å²) in [6, 6.07) is 6.46. The highest BCUT2D eigenvalue weighted by Crippen LogP contribution is 2.36. The van der Waals surface area contributed by atoms with E-state index in [1.165, 1.54) is 23.0 Å². The van der Waals surface area contributed by atoms with E-state index in [-0.39, 0.29) is 34.7 Å². The molecule has 4 heterocycles. The summed E-state index contributed by atoms with van der Waals surface area (Å²) in [6.07, 6.45) is 7.85. The minimum Gasteiger partial charge on any atom is -0.477 e. The molecule has 0 saturated carbocycles. The molecule has 40 heavy (non-hydrogen) atoms. The Kier molecular flexibility index (Phi) is 7.53. The molecule has 0 unspecified atom stereocenters. The Balaban J connectivity index is 1.57. The van der Waals surface area contributed by atoms with Crippen LogP contribution in [0, 0.1) is 0 Å². The molecule has 0 aliphatic carbocycles. The zero-order chi connectivity index (χ0) is 28.6. The largest absolute Gasteiger partial charge is 0.477 e. The first kappa shape index (κ1) is 27.6. The average Bonchev–Trinajstić information content (AvgIpc) is 3.36. The van der Waals surface area contributed by atoms with Gasteiger partial charge in [-0.05, 0) is 37.1 Å². The van der Waals surface area contributed by atoms with Crippen LogP contribution in [0.5, 0.6) is 5.88 Å². The molecule has 1 aliphatic rings. The number of fused-ring (bicyclic) bond motifs is 1. The molecule has 3 aromatic heterocycles. The first-order chi connectivity index (χ1) is 19.0. The van der Waals surface area contributed by atoms with E-state index in [0.29, 0.717) is 28.7 Å². The number of hydrogen-bond donors (Lipinski definition) is 2. The van der Waals surface area contributed by atoms with Gasteiger partial charge in [0.2, 0.25) is 21.3 Å². The van der Waals surface area contributed by atoms with Gasteiger partial charge in [-0.1, -0.05) is 23.2 Å². The topological polar surface area (TPSA) is 157 Å². The number of anilines is 2. The number of nitrogens with one attached hydrogen (secondary N) is 1. The van der Waals surface area contributed by atoms with Crippen molar-refractivity contribution in [3.63, 3.8) is 0 Å². The third kappa shape index (κ3) is 5.67. The fourth-order valence-corrected chi connectivity index (χ4v) is 5.50. The number of aromatic carboxylic acids is 1. The average molecular weight is 605 g/mol. The fourth-order valence-electron chi connectivity index (χ4n) is 4.56. The predicted octanol–water partition coefficient (Wildman–Crippen LogP) is 3.60. The summed E-state index contributed by atoms with van der Waals surface area (Å²) in [5, 5.41) is 10.4. The van der Waals surface area contributed by atoms with E-state index >= 15 is 0 Å². The number of nitrogens with zero attached hydrogens (tertiary/aromatic N) is 5. The molecule has 0 amide bonds. The standard InChI is InChI=1S/C25H22Cl2N6O6S/c1-40(37,38)31-21-10-30-22(11-29-21)33-12-16(25(35)36)23(34)15-8-18(27)20(9-19(15)33)32-7-3-4-14(32)13-39-24-17(26)5-2-6-28-24/h2,5-6,8-12,14H,3-4,7,13H2,1H3,(H,29,31)(H,35,36)/t14-/m1/s1. The molecule has 1 aliphatic heterocycles. The van der Waals surface area contributed by atoms with Crippen molar-refractivity contribution in [1.29, 1.82) is 0 Å².